The third kappa shape index (κ3) is 4.82. The minimum Gasteiger partial charge on any atom is -0.452 e. The number of amides is 1. The molecule has 0 fully saturated rings. The van der Waals surface area contributed by atoms with Crippen LogP contribution in [0.5, 0.6) is 0 Å². The topological polar surface area (TPSA) is 55.4 Å². The number of hydrogen-bond donors (Lipinski definition) is 1. The molecule has 138 valence electrons. The molecule has 0 radical (unpaired) electrons. The standard InChI is InChI=1S/C20H21ClFNO3/c1-11-8-12(2)19(13(3)9-11)23-20(25)14(4)26-18(24)10-15-16(21)6-5-7-17(15)22/h5-9,14H,10H2,1-4H3,(H,23,25). The van der Waals surface area contributed by atoms with Gasteiger partial charge >= 0.3 is 5.97 Å². The van der Waals surface area contributed by atoms with Gasteiger partial charge in [0.25, 0.3) is 5.91 Å². The number of ether oxygens (including phenoxy) is 1. The number of esters is 1. The summed E-state index contributed by atoms with van der Waals surface area (Å²) in [7, 11) is 0. The van der Waals surface area contributed by atoms with Crippen LogP contribution in [0.2, 0.25) is 5.02 Å². The molecule has 0 bridgehead atoms. The van der Waals surface area contributed by atoms with Gasteiger partial charge in [-0.15, -0.1) is 0 Å². The first kappa shape index (κ1) is 19.9. The van der Waals surface area contributed by atoms with E-state index in [1.807, 2.05) is 32.9 Å². The molecule has 1 unspecified atom stereocenters. The molecule has 0 saturated carbocycles. The average molecular weight is 378 g/mol. The summed E-state index contributed by atoms with van der Waals surface area (Å²) in [5.41, 5.74) is 3.69. The zero-order valence-corrected chi connectivity index (χ0v) is 15.9. The Hall–Kier alpha value is -2.40. The van der Waals surface area contributed by atoms with Gasteiger partial charge in [0.15, 0.2) is 6.10 Å². The molecule has 1 atom stereocenters. The molecular formula is C20H21ClFNO3. The maximum Gasteiger partial charge on any atom is 0.311 e. The quantitative estimate of drug-likeness (QED) is 0.779. The first-order valence-electron chi connectivity index (χ1n) is 8.20. The molecule has 6 heteroatoms. The van der Waals surface area contributed by atoms with E-state index in [0.717, 1.165) is 16.7 Å². The molecule has 2 rings (SSSR count). The number of aryl methyl sites for hydroxylation is 3. The molecule has 0 heterocycles. The minimum absolute atomic E-state index is 0.0528. The van der Waals surface area contributed by atoms with E-state index in [2.05, 4.69) is 5.32 Å². The predicted octanol–water partition coefficient (Wildman–Crippen LogP) is 4.52. The summed E-state index contributed by atoms with van der Waals surface area (Å²) in [5, 5.41) is 2.92. The first-order chi connectivity index (χ1) is 12.2. The number of anilines is 1. The third-order valence-electron chi connectivity index (χ3n) is 3.99. The lowest BCUT2D eigenvalue weighted by Crippen LogP contribution is -2.31. The Labute approximate surface area is 157 Å². The molecule has 1 N–H and O–H groups in total. The second-order valence-corrected chi connectivity index (χ2v) is 6.68. The van der Waals surface area contributed by atoms with Gasteiger partial charge in [-0.05, 0) is 51.0 Å². The molecule has 0 aliphatic heterocycles. The molecule has 2 aromatic carbocycles. The number of carbonyl (C=O) groups excluding carboxylic acids is 2. The Balaban J connectivity index is 2.02. The van der Waals surface area contributed by atoms with Crippen molar-refractivity contribution in [2.45, 2.75) is 40.2 Å². The van der Waals surface area contributed by atoms with Gasteiger partial charge in [0.05, 0.1) is 6.42 Å². The van der Waals surface area contributed by atoms with Crippen molar-refractivity contribution in [1.82, 2.24) is 0 Å². The maximum atomic E-state index is 13.7. The van der Waals surface area contributed by atoms with Crippen molar-refractivity contribution in [3.8, 4) is 0 Å². The summed E-state index contributed by atoms with van der Waals surface area (Å²) < 4.78 is 18.9. The van der Waals surface area contributed by atoms with E-state index in [4.69, 9.17) is 16.3 Å². The van der Waals surface area contributed by atoms with Gasteiger partial charge in [0, 0.05) is 16.3 Å². The predicted molar refractivity (Wildman–Crippen MR) is 100.0 cm³/mol. The van der Waals surface area contributed by atoms with Crippen LogP contribution in [0.3, 0.4) is 0 Å². The summed E-state index contributed by atoms with van der Waals surface area (Å²) in [4.78, 5) is 24.4. The lowest BCUT2D eigenvalue weighted by molar-refractivity contribution is -0.152. The van der Waals surface area contributed by atoms with Gasteiger partial charge in [-0.1, -0.05) is 35.4 Å². The zero-order chi connectivity index (χ0) is 19.4. The molecule has 4 nitrogen and oxygen atoms in total. The fourth-order valence-corrected chi connectivity index (χ4v) is 2.97. The van der Waals surface area contributed by atoms with Gasteiger partial charge in [-0.2, -0.15) is 0 Å². The monoisotopic (exact) mass is 377 g/mol. The van der Waals surface area contributed by atoms with Crippen LogP contribution in [0.1, 0.15) is 29.2 Å². The van der Waals surface area contributed by atoms with Crippen LogP contribution in [0.15, 0.2) is 30.3 Å². The highest BCUT2D eigenvalue weighted by atomic mass is 35.5. The minimum atomic E-state index is -1.02. The number of hydrogen-bond acceptors (Lipinski definition) is 3. The number of nitrogens with one attached hydrogen (secondary N) is 1. The Kier molecular flexibility index (Phi) is 6.37. The van der Waals surface area contributed by atoms with Crippen molar-refractivity contribution in [2.24, 2.45) is 0 Å². The Morgan fingerprint density at radius 3 is 2.38 bits per heavy atom. The summed E-state index contributed by atoms with van der Waals surface area (Å²) in [6.07, 6.45) is -1.36. The highest BCUT2D eigenvalue weighted by molar-refractivity contribution is 6.31. The summed E-state index contributed by atoms with van der Waals surface area (Å²) in [6, 6.07) is 8.08. The molecule has 0 saturated heterocycles. The Morgan fingerprint density at radius 1 is 1.19 bits per heavy atom. The van der Waals surface area contributed by atoms with E-state index >= 15 is 0 Å². The first-order valence-corrected chi connectivity index (χ1v) is 8.58. The molecular weight excluding hydrogens is 357 g/mol. The number of benzene rings is 2. The van der Waals surface area contributed by atoms with Crippen molar-refractivity contribution >= 4 is 29.2 Å². The van der Waals surface area contributed by atoms with Crippen LogP contribution in [0, 0.1) is 26.6 Å². The van der Waals surface area contributed by atoms with Gasteiger partial charge in [0.1, 0.15) is 5.82 Å². The normalized spacial score (nSPS) is 11.8. The Morgan fingerprint density at radius 2 is 1.81 bits per heavy atom. The van der Waals surface area contributed by atoms with E-state index in [1.165, 1.54) is 25.1 Å². The summed E-state index contributed by atoms with van der Waals surface area (Å²) in [6.45, 7) is 7.23. The second-order valence-electron chi connectivity index (χ2n) is 6.27. The van der Waals surface area contributed by atoms with Crippen molar-refractivity contribution in [3.05, 3.63) is 63.4 Å². The largest absolute Gasteiger partial charge is 0.452 e. The fourth-order valence-electron chi connectivity index (χ4n) is 2.74. The molecule has 0 aliphatic carbocycles. The zero-order valence-electron chi connectivity index (χ0n) is 15.2. The Bertz CT molecular complexity index is 808. The van der Waals surface area contributed by atoms with E-state index in [0.29, 0.717) is 5.69 Å². The smallest absolute Gasteiger partial charge is 0.311 e. The van der Waals surface area contributed by atoms with Crippen LogP contribution >= 0.6 is 11.6 Å². The fraction of sp³-hybridized carbons (Fsp3) is 0.300. The molecule has 0 aliphatic rings. The van der Waals surface area contributed by atoms with Crippen LogP contribution in [0.4, 0.5) is 10.1 Å². The second kappa shape index (κ2) is 8.32. The lowest BCUT2D eigenvalue weighted by atomic mass is 10.0. The van der Waals surface area contributed by atoms with Gasteiger partial charge in [-0.3, -0.25) is 9.59 Å². The van der Waals surface area contributed by atoms with Gasteiger partial charge < -0.3 is 10.1 Å². The van der Waals surface area contributed by atoms with Crippen LogP contribution in [-0.4, -0.2) is 18.0 Å². The van der Waals surface area contributed by atoms with Crippen molar-refractivity contribution in [2.75, 3.05) is 5.32 Å². The van der Waals surface area contributed by atoms with Crippen molar-refractivity contribution in [1.29, 1.82) is 0 Å². The van der Waals surface area contributed by atoms with Crippen LogP contribution in [-0.2, 0) is 20.7 Å². The van der Waals surface area contributed by atoms with Crippen LogP contribution in [0.25, 0.3) is 0 Å². The molecule has 2 aromatic rings. The molecule has 0 aromatic heterocycles. The van der Waals surface area contributed by atoms with E-state index in [1.54, 1.807) is 0 Å². The highest BCUT2D eigenvalue weighted by Gasteiger charge is 2.21. The van der Waals surface area contributed by atoms with E-state index < -0.39 is 23.8 Å². The number of rotatable bonds is 5. The number of carbonyl (C=O) groups is 2. The van der Waals surface area contributed by atoms with Gasteiger partial charge in [0.2, 0.25) is 0 Å². The maximum absolute atomic E-state index is 13.7. The van der Waals surface area contributed by atoms with E-state index in [-0.39, 0.29) is 17.0 Å². The lowest BCUT2D eigenvalue weighted by Gasteiger charge is -2.17. The summed E-state index contributed by atoms with van der Waals surface area (Å²) in [5.74, 6) is -1.76. The molecule has 26 heavy (non-hydrogen) atoms. The van der Waals surface area contributed by atoms with Crippen LogP contribution < -0.4 is 5.32 Å². The highest BCUT2D eigenvalue weighted by Crippen LogP contribution is 2.23. The van der Waals surface area contributed by atoms with Crippen molar-refractivity contribution in [3.63, 3.8) is 0 Å². The van der Waals surface area contributed by atoms with E-state index in [9.17, 15) is 14.0 Å². The van der Waals surface area contributed by atoms with Crippen molar-refractivity contribution < 1.29 is 18.7 Å². The SMILES string of the molecule is Cc1cc(C)c(NC(=O)C(C)OC(=O)Cc2c(F)cccc2Cl)c(C)c1. The summed E-state index contributed by atoms with van der Waals surface area (Å²) >= 11 is 5.90. The third-order valence-corrected chi connectivity index (χ3v) is 4.34. The average Bonchev–Trinajstić information content (AvgIpc) is 2.54. The van der Waals surface area contributed by atoms with Gasteiger partial charge in [-0.25, -0.2) is 4.39 Å². The number of halogens is 2. The molecule has 1 amide bonds. The molecule has 0 spiro atoms.